The minimum absolute atomic E-state index is 0.171. The molecule has 0 bridgehead atoms. The van der Waals surface area contributed by atoms with E-state index in [0.717, 1.165) is 35.7 Å². The third-order valence-electron chi connectivity index (χ3n) is 5.61. The van der Waals surface area contributed by atoms with Gasteiger partial charge in [-0.1, -0.05) is 11.6 Å². The van der Waals surface area contributed by atoms with Crippen LogP contribution in [0.2, 0.25) is 5.02 Å². The summed E-state index contributed by atoms with van der Waals surface area (Å²) in [6, 6.07) is 8.87. The number of fused-ring (bicyclic) bond motifs is 2. The molecule has 1 aliphatic rings. The monoisotopic (exact) mass is 410 g/mol. The second-order valence-electron chi connectivity index (χ2n) is 7.51. The number of H-pyrrole nitrogens is 1. The van der Waals surface area contributed by atoms with Gasteiger partial charge in [-0.3, -0.25) is 9.36 Å². The number of hydrogen-bond donors (Lipinski definition) is 2. The van der Waals surface area contributed by atoms with E-state index in [2.05, 4.69) is 15.3 Å². The molecule has 0 unspecified atom stereocenters. The highest BCUT2D eigenvalue weighted by molar-refractivity contribution is 6.31. The van der Waals surface area contributed by atoms with Crippen molar-refractivity contribution in [2.24, 2.45) is 0 Å². The molecule has 8 heteroatoms. The maximum Gasteiger partial charge on any atom is 0.420 e. The SMILES string of the molecule is C[C@H](Nc1cc2c(cn1)oc(=O)n2C1CCC1)c1cc2cc(Cl)ccc2[nH]c1=O. The molecule has 5 rings (SSSR count). The second kappa shape index (κ2) is 6.77. The van der Waals surface area contributed by atoms with Gasteiger partial charge in [0.05, 0.1) is 17.8 Å². The summed E-state index contributed by atoms with van der Waals surface area (Å²) in [5.41, 5.74) is 2.33. The van der Waals surface area contributed by atoms with Crippen molar-refractivity contribution in [3.05, 3.63) is 68.0 Å². The number of aromatic amines is 1. The highest BCUT2D eigenvalue weighted by atomic mass is 35.5. The Hall–Kier alpha value is -3.06. The van der Waals surface area contributed by atoms with Gasteiger partial charge in [0.15, 0.2) is 5.58 Å². The molecule has 7 nitrogen and oxygen atoms in total. The highest BCUT2D eigenvalue weighted by Gasteiger charge is 2.25. The van der Waals surface area contributed by atoms with Gasteiger partial charge in [0.2, 0.25) is 0 Å². The summed E-state index contributed by atoms with van der Waals surface area (Å²) in [6.07, 6.45) is 4.62. The summed E-state index contributed by atoms with van der Waals surface area (Å²) in [5, 5.41) is 4.73. The van der Waals surface area contributed by atoms with Gasteiger partial charge in [0.1, 0.15) is 5.82 Å². The number of nitrogens with zero attached hydrogens (tertiary/aromatic N) is 2. The lowest BCUT2D eigenvalue weighted by molar-refractivity contribution is 0.299. The Morgan fingerprint density at radius 2 is 2.10 bits per heavy atom. The van der Waals surface area contributed by atoms with Crippen molar-refractivity contribution in [1.29, 1.82) is 0 Å². The fraction of sp³-hybridized carbons (Fsp3) is 0.286. The maximum absolute atomic E-state index is 12.5. The second-order valence-corrected chi connectivity index (χ2v) is 7.95. The Morgan fingerprint density at radius 3 is 2.86 bits per heavy atom. The first kappa shape index (κ1) is 18.0. The number of hydrogen-bond acceptors (Lipinski definition) is 5. The lowest BCUT2D eigenvalue weighted by Gasteiger charge is -2.26. The van der Waals surface area contributed by atoms with Crippen molar-refractivity contribution in [1.82, 2.24) is 14.5 Å². The number of rotatable bonds is 4. The third-order valence-corrected chi connectivity index (χ3v) is 5.84. The maximum atomic E-state index is 12.5. The smallest absolute Gasteiger partial charge is 0.406 e. The van der Waals surface area contributed by atoms with Crippen molar-refractivity contribution in [3.63, 3.8) is 0 Å². The standard InChI is InChI=1S/C21H19ClN4O3/c1-11(15-8-12-7-13(22)5-6-16(12)25-20(15)27)24-19-9-17-18(10-23-19)29-21(28)26(17)14-3-2-4-14/h5-11,14H,2-4H2,1H3,(H,23,24)(H,25,27)/t11-/m0/s1. The van der Waals surface area contributed by atoms with Gasteiger partial charge < -0.3 is 14.7 Å². The summed E-state index contributed by atoms with van der Waals surface area (Å²) < 4.78 is 7.04. The van der Waals surface area contributed by atoms with E-state index in [9.17, 15) is 9.59 Å². The molecule has 0 radical (unpaired) electrons. The van der Waals surface area contributed by atoms with Crippen LogP contribution in [0.1, 0.15) is 43.8 Å². The van der Waals surface area contributed by atoms with E-state index >= 15 is 0 Å². The van der Waals surface area contributed by atoms with E-state index in [1.165, 1.54) is 0 Å². The van der Waals surface area contributed by atoms with E-state index in [1.807, 2.05) is 19.1 Å². The number of benzene rings is 1. The predicted octanol–water partition coefficient (Wildman–Crippen LogP) is 4.38. The molecule has 0 amide bonds. The first-order valence-corrected chi connectivity index (χ1v) is 9.97. The lowest BCUT2D eigenvalue weighted by Crippen LogP contribution is -2.25. The van der Waals surface area contributed by atoms with Crippen LogP contribution in [0.15, 0.2) is 50.5 Å². The summed E-state index contributed by atoms with van der Waals surface area (Å²) in [5.74, 6) is 0.226. The summed E-state index contributed by atoms with van der Waals surface area (Å²) >= 11 is 6.08. The Balaban J connectivity index is 1.50. The lowest BCUT2D eigenvalue weighted by atomic mass is 9.93. The summed E-state index contributed by atoms with van der Waals surface area (Å²) in [6.45, 7) is 1.89. The minimum atomic E-state index is -0.348. The number of nitrogens with one attached hydrogen (secondary N) is 2. The van der Waals surface area contributed by atoms with Crippen LogP contribution in [0.25, 0.3) is 22.0 Å². The van der Waals surface area contributed by atoms with Crippen molar-refractivity contribution in [2.75, 3.05) is 5.32 Å². The predicted molar refractivity (Wildman–Crippen MR) is 113 cm³/mol. The van der Waals surface area contributed by atoms with Crippen LogP contribution in [0.3, 0.4) is 0 Å². The number of anilines is 1. The van der Waals surface area contributed by atoms with Crippen LogP contribution in [-0.4, -0.2) is 14.5 Å². The van der Waals surface area contributed by atoms with E-state index in [-0.39, 0.29) is 23.4 Å². The Labute approximate surface area is 170 Å². The van der Waals surface area contributed by atoms with Crippen LogP contribution in [0.5, 0.6) is 0 Å². The van der Waals surface area contributed by atoms with Crippen LogP contribution in [-0.2, 0) is 0 Å². The molecule has 29 heavy (non-hydrogen) atoms. The quantitative estimate of drug-likeness (QED) is 0.520. The highest BCUT2D eigenvalue weighted by Crippen LogP contribution is 2.33. The van der Waals surface area contributed by atoms with E-state index < -0.39 is 0 Å². The molecule has 1 atom stereocenters. The van der Waals surface area contributed by atoms with E-state index in [4.69, 9.17) is 16.0 Å². The van der Waals surface area contributed by atoms with Gasteiger partial charge in [-0.25, -0.2) is 9.78 Å². The molecule has 1 aliphatic carbocycles. The van der Waals surface area contributed by atoms with Crippen LogP contribution < -0.4 is 16.6 Å². The Morgan fingerprint density at radius 1 is 1.28 bits per heavy atom. The average Bonchev–Trinajstić information content (AvgIpc) is 2.96. The number of halogens is 1. The van der Waals surface area contributed by atoms with Gasteiger partial charge in [0.25, 0.3) is 5.56 Å². The van der Waals surface area contributed by atoms with Crippen molar-refractivity contribution < 1.29 is 4.42 Å². The number of oxazole rings is 1. The van der Waals surface area contributed by atoms with Crippen LogP contribution in [0.4, 0.5) is 5.82 Å². The molecule has 1 aromatic carbocycles. The van der Waals surface area contributed by atoms with Gasteiger partial charge in [-0.05, 0) is 50.5 Å². The molecule has 2 N–H and O–H groups in total. The number of aromatic nitrogens is 3. The van der Waals surface area contributed by atoms with Crippen LogP contribution >= 0.6 is 11.6 Å². The molecule has 148 valence electrons. The molecular formula is C21H19ClN4O3. The fourth-order valence-corrected chi connectivity index (χ4v) is 4.01. The normalized spacial score (nSPS) is 15.5. The molecule has 4 aromatic rings. The van der Waals surface area contributed by atoms with Crippen molar-refractivity contribution >= 4 is 39.4 Å². The minimum Gasteiger partial charge on any atom is -0.406 e. The van der Waals surface area contributed by atoms with Gasteiger partial charge in [-0.2, -0.15) is 0 Å². The largest absolute Gasteiger partial charge is 0.420 e. The third kappa shape index (κ3) is 3.11. The van der Waals surface area contributed by atoms with Crippen LogP contribution in [0, 0.1) is 0 Å². The first-order chi connectivity index (χ1) is 14.0. The zero-order chi connectivity index (χ0) is 20.1. The zero-order valence-electron chi connectivity index (χ0n) is 15.7. The van der Waals surface area contributed by atoms with E-state index in [0.29, 0.717) is 22.0 Å². The molecule has 3 heterocycles. The molecule has 0 spiro atoms. The molecule has 0 aliphatic heterocycles. The summed E-state index contributed by atoms with van der Waals surface area (Å²) in [4.78, 5) is 32.0. The molecule has 0 saturated heterocycles. The first-order valence-electron chi connectivity index (χ1n) is 9.60. The van der Waals surface area contributed by atoms with Crippen molar-refractivity contribution in [3.8, 4) is 0 Å². The molecule has 3 aromatic heterocycles. The Kier molecular flexibility index (Phi) is 4.20. The van der Waals surface area contributed by atoms with E-state index in [1.54, 1.807) is 29.0 Å². The summed E-state index contributed by atoms with van der Waals surface area (Å²) in [7, 11) is 0. The number of pyridine rings is 2. The Bertz CT molecular complexity index is 1350. The average molecular weight is 411 g/mol. The molecular weight excluding hydrogens is 392 g/mol. The van der Waals surface area contributed by atoms with Gasteiger partial charge in [-0.15, -0.1) is 0 Å². The van der Waals surface area contributed by atoms with Gasteiger partial charge >= 0.3 is 5.76 Å². The topological polar surface area (TPSA) is 92.9 Å². The fourth-order valence-electron chi connectivity index (χ4n) is 3.83. The zero-order valence-corrected chi connectivity index (χ0v) is 16.5. The molecule has 1 fully saturated rings. The van der Waals surface area contributed by atoms with Crippen molar-refractivity contribution in [2.45, 2.75) is 38.3 Å². The van der Waals surface area contributed by atoms with Gasteiger partial charge in [0, 0.05) is 33.6 Å². The molecule has 1 saturated carbocycles.